The Morgan fingerprint density at radius 3 is 2.25 bits per heavy atom. The smallest absolute Gasteiger partial charge is 0.410 e. The van der Waals surface area contributed by atoms with E-state index in [1.54, 1.807) is 19.2 Å². The molecule has 126 valence electrons. The highest BCUT2D eigenvalue weighted by Gasteiger charge is 2.34. The molecule has 1 heterocycles. The lowest BCUT2D eigenvalue weighted by molar-refractivity contribution is 0.145. The van der Waals surface area contributed by atoms with E-state index in [1.807, 2.05) is 0 Å². The third-order valence-electron chi connectivity index (χ3n) is 4.28. The Kier molecular flexibility index (Phi) is 4.76. The van der Waals surface area contributed by atoms with Crippen molar-refractivity contribution >= 4 is 6.09 Å². The summed E-state index contributed by atoms with van der Waals surface area (Å²) in [5, 5.41) is 3.25. The molecule has 1 fully saturated rings. The highest BCUT2D eigenvalue weighted by molar-refractivity contribution is 5.71. The summed E-state index contributed by atoms with van der Waals surface area (Å²) in [4.78, 5) is 13.9. The normalized spacial score (nSPS) is 20.0. The number of likely N-dealkylation sites (N-methyl/N-ethyl adjacent to an activating group) is 1. The van der Waals surface area contributed by atoms with Crippen molar-refractivity contribution in [3.05, 3.63) is 65.7 Å². The summed E-state index contributed by atoms with van der Waals surface area (Å²) < 4.78 is 31.3. The minimum atomic E-state index is -0.512. The molecule has 1 amide bonds. The maximum absolute atomic E-state index is 13.1. The zero-order chi connectivity index (χ0) is 17.1. The van der Waals surface area contributed by atoms with Crippen molar-refractivity contribution in [3.63, 3.8) is 0 Å². The number of halogens is 2. The largest absolute Gasteiger partial charge is 0.415 e. The van der Waals surface area contributed by atoms with Crippen molar-refractivity contribution in [1.82, 2.24) is 10.2 Å². The van der Waals surface area contributed by atoms with Gasteiger partial charge < -0.3 is 15.0 Å². The number of amides is 1. The fourth-order valence-corrected chi connectivity index (χ4v) is 2.93. The van der Waals surface area contributed by atoms with E-state index in [0.29, 0.717) is 13.1 Å². The Morgan fingerprint density at radius 2 is 1.62 bits per heavy atom. The van der Waals surface area contributed by atoms with Crippen LogP contribution in [0.4, 0.5) is 13.6 Å². The lowest BCUT2D eigenvalue weighted by Crippen LogP contribution is -2.42. The van der Waals surface area contributed by atoms with Crippen LogP contribution in [0.1, 0.15) is 11.5 Å². The van der Waals surface area contributed by atoms with Crippen LogP contribution in [0, 0.1) is 11.6 Å². The van der Waals surface area contributed by atoms with Gasteiger partial charge in [-0.05, 0) is 42.0 Å². The van der Waals surface area contributed by atoms with Gasteiger partial charge in [-0.25, -0.2) is 13.6 Å². The molecule has 0 bridgehead atoms. The third-order valence-corrected chi connectivity index (χ3v) is 4.28. The first-order chi connectivity index (χ1) is 11.5. The molecule has 0 aliphatic carbocycles. The van der Waals surface area contributed by atoms with Crippen LogP contribution in [-0.2, 0) is 0 Å². The Morgan fingerprint density at radius 1 is 1.04 bits per heavy atom. The van der Waals surface area contributed by atoms with Crippen molar-refractivity contribution in [1.29, 1.82) is 0 Å². The molecule has 2 atom stereocenters. The number of benzene rings is 2. The van der Waals surface area contributed by atoms with Gasteiger partial charge in [-0.15, -0.1) is 0 Å². The summed E-state index contributed by atoms with van der Waals surface area (Å²) in [5.41, 5.74) is 0.966. The average molecular weight is 332 g/mol. The van der Waals surface area contributed by atoms with Gasteiger partial charge in [-0.1, -0.05) is 12.1 Å². The lowest BCUT2D eigenvalue weighted by atomic mass is 9.93. The first-order valence-electron chi connectivity index (χ1n) is 7.71. The Bertz CT molecular complexity index is 704. The molecule has 6 heteroatoms. The molecule has 0 saturated carbocycles. The number of nitrogens with zero attached hydrogens (tertiary/aromatic N) is 1. The highest BCUT2D eigenvalue weighted by Crippen LogP contribution is 2.27. The minimum Gasteiger partial charge on any atom is -0.410 e. The van der Waals surface area contributed by atoms with Crippen LogP contribution in [0.3, 0.4) is 0 Å². The second-order valence-electron chi connectivity index (χ2n) is 5.82. The van der Waals surface area contributed by atoms with Crippen LogP contribution in [0.15, 0.2) is 48.5 Å². The van der Waals surface area contributed by atoms with E-state index < -0.39 is 6.09 Å². The quantitative estimate of drug-likeness (QED) is 0.939. The summed E-state index contributed by atoms with van der Waals surface area (Å²) in [6, 6.07) is 11.5. The van der Waals surface area contributed by atoms with Crippen molar-refractivity contribution in [2.75, 3.05) is 20.1 Å². The number of hydrogen-bond donors (Lipinski definition) is 1. The van der Waals surface area contributed by atoms with E-state index in [1.165, 1.54) is 41.3 Å². The number of carbonyl (C=O) groups excluding carboxylic acids is 1. The van der Waals surface area contributed by atoms with Crippen LogP contribution in [0.25, 0.3) is 0 Å². The maximum atomic E-state index is 13.1. The van der Waals surface area contributed by atoms with E-state index >= 15 is 0 Å². The molecule has 1 aliphatic heterocycles. The number of carbonyl (C=O) groups is 1. The van der Waals surface area contributed by atoms with Gasteiger partial charge in [-0.3, -0.25) is 0 Å². The summed E-state index contributed by atoms with van der Waals surface area (Å²) in [6.45, 7) is 1.32. The van der Waals surface area contributed by atoms with Crippen LogP contribution in [0.5, 0.6) is 5.75 Å². The molecule has 2 aromatic carbocycles. The van der Waals surface area contributed by atoms with Crippen LogP contribution < -0.4 is 10.1 Å². The first kappa shape index (κ1) is 16.4. The van der Waals surface area contributed by atoms with Gasteiger partial charge in [0.05, 0.1) is 6.04 Å². The first-order valence-corrected chi connectivity index (χ1v) is 7.71. The molecular formula is C18H18F2N2O2. The molecule has 1 saturated heterocycles. The molecule has 2 aromatic rings. The summed E-state index contributed by atoms with van der Waals surface area (Å²) in [7, 11) is 1.67. The molecule has 0 aromatic heterocycles. The maximum Gasteiger partial charge on any atom is 0.415 e. The molecule has 0 radical (unpaired) electrons. The molecular weight excluding hydrogens is 314 g/mol. The highest BCUT2D eigenvalue weighted by atomic mass is 19.1. The topological polar surface area (TPSA) is 41.6 Å². The Hall–Kier alpha value is -2.47. The predicted octanol–water partition coefficient (Wildman–Crippen LogP) is 3.15. The monoisotopic (exact) mass is 332 g/mol. The summed E-state index contributed by atoms with van der Waals surface area (Å²) >= 11 is 0. The lowest BCUT2D eigenvalue weighted by Gasteiger charge is -2.28. The van der Waals surface area contributed by atoms with E-state index in [-0.39, 0.29) is 29.3 Å². The van der Waals surface area contributed by atoms with Gasteiger partial charge >= 0.3 is 6.09 Å². The van der Waals surface area contributed by atoms with Gasteiger partial charge in [0.25, 0.3) is 0 Å². The number of ether oxygens (including phenoxy) is 1. The van der Waals surface area contributed by atoms with Crippen LogP contribution >= 0.6 is 0 Å². The van der Waals surface area contributed by atoms with E-state index in [9.17, 15) is 13.6 Å². The Labute approximate surface area is 139 Å². The number of nitrogens with one attached hydrogen (secondary N) is 1. The number of rotatable bonds is 3. The predicted molar refractivity (Wildman–Crippen MR) is 86.0 cm³/mol. The second kappa shape index (κ2) is 6.97. The Balaban J connectivity index is 1.70. The second-order valence-corrected chi connectivity index (χ2v) is 5.82. The zero-order valence-electron chi connectivity index (χ0n) is 13.2. The molecule has 24 heavy (non-hydrogen) atoms. The van der Waals surface area contributed by atoms with E-state index in [0.717, 1.165) is 5.56 Å². The number of hydrogen-bond acceptors (Lipinski definition) is 3. The minimum absolute atomic E-state index is 0.0522. The molecule has 1 N–H and O–H groups in total. The van der Waals surface area contributed by atoms with Crippen molar-refractivity contribution in [2.24, 2.45) is 0 Å². The van der Waals surface area contributed by atoms with Crippen molar-refractivity contribution < 1.29 is 18.3 Å². The van der Waals surface area contributed by atoms with Gasteiger partial charge in [0, 0.05) is 26.1 Å². The zero-order valence-corrected chi connectivity index (χ0v) is 13.2. The van der Waals surface area contributed by atoms with Crippen LogP contribution in [0.2, 0.25) is 0 Å². The van der Waals surface area contributed by atoms with Crippen molar-refractivity contribution in [2.45, 2.75) is 12.0 Å². The fraction of sp³-hybridized carbons (Fsp3) is 0.278. The van der Waals surface area contributed by atoms with Crippen molar-refractivity contribution in [3.8, 4) is 5.75 Å². The van der Waals surface area contributed by atoms with Gasteiger partial charge in [0.15, 0.2) is 0 Å². The standard InChI is InChI=1S/C18H18F2N2O2/c1-22(18(23)24-15-8-6-14(20)7-9-15)17-11-21-10-16(17)12-2-4-13(19)5-3-12/h2-9,16-17,21H,10-11H2,1H3/t16-,17+/m1/s1. The van der Waals surface area contributed by atoms with E-state index in [2.05, 4.69) is 5.32 Å². The molecule has 1 aliphatic rings. The third kappa shape index (κ3) is 3.54. The van der Waals surface area contributed by atoms with E-state index in [4.69, 9.17) is 4.74 Å². The molecule has 4 nitrogen and oxygen atoms in total. The average Bonchev–Trinajstić information content (AvgIpc) is 3.06. The summed E-state index contributed by atoms with van der Waals surface area (Å²) in [5.74, 6) is -0.334. The molecule has 0 spiro atoms. The van der Waals surface area contributed by atoms with Crippen LogP contribution in [-0.4, -0.2) is 37.2 Å². The molecule has 3 rings (SSSR count). The molecule has 0 unspecified atom stereocenters. The summed E-state index contributed by atoms with van der Waals surface area (Å²) in [6.07, 6.45) is -0.512. The van der Waals surface area contributed by atoms with Gasteiger partial charge in [-0.2, -0.15) is 0 Å². The van der Waals surface area contributed by atoms with Gasteiger partial charge in [0.2, 0.25) is 0 Å². The SMILES string of the molecule is CN(C(=O)Oc1ccc(F)cc1)[C@H]1CNC[C@@H]1c1ccc(F)cc1. The van der Waals surface area contributed by atoms with Gasteiger partial charge in [0.1, 0.15) is 17.4 Å². The fourth-order valence-electron chi connectivity index (χ4n) is 2.93.